The van der Waals surface area contributed by atoms with Gasteiger partial charge in [0.15, 0.2) is 0 Å². The molecule has 9 heteroatoms. The lowest BCUT2D eigenvalue weighted by Crippen LogP contribution is -2.26. The fraction of sp³-hybridized carbons (Fsp3) is 0.190. The highest BCUT2D eigenvalue weighted by atomic mass is 32.2. The first-order valence-electron chi connectivity index (χ1n) is 8.87. The third-order valence-corrected chi connectivity index (χ3v) is 4.91. The summed E-state index contributed by atoms with van der Waals surface area (Å²) in [6, 6.07) is 17.9. The Bertz CT molecular complexity index is 1190. The number of esters is 1. The van der Waals surface area contributed by atoms with E-state index in [4.69, 9.17) is 0 Å². The van der Waals surface area contributed by atoms with E-state index in [0.29, 0.717) is 16.8 Å². The van der Waals surface area contributed by atoms with Crippen LogP contribution in [-0.4, -0.2) is 33.4 Å². The zero-order valence-corrected chi connectivity index (χ0v) is 16.7. The summed E-state index contributed by atoms with van der Waals surface area (Å²) in [7, 11) is -3.56. The van der Waals surface area contributed by atoms with Crippen molar-refractivity contribution in [2.24, 2.45) is 0 Å². The maximum atomic E-state index is 12.3. The minimum Gasteiger partial charge on any atom is -0.459 e. The van der Waals surface area contributed by atoms with E-state index in [1.165, 1.54) is 0 Å². The number of halogens is 3. The summed E-state index contributed by atoms with van der Waals surface area (Å²) in [5.74, 6) is -2.24. The van der Waals surface area contributed by atoms with E-state index in [9.17, 15) is 26.4 Å². The van der Waals surface area contributed by atoms with E-state index >= 15 is 0 Å². The summed E-state index contributed by atoms with van der Waals surface area (Å²) in [5, 5.41) is 1.84. The van der Waals surface area contributed by atoms with Gasteiger partial charge in [-0.3, -0.25) is 4.72 Å². The third kappa shape index (κ3) is 5.29. The summed E-state index contributed by atoms with van der Waals surface area (Å²) in [6.07, 6.45) is -3.97. The highest BCUT2D eigenvalue weighted by Gasteiger charge is 2.40. The molecular formula is C21H18F3NO4S. The van der Waals surface area contributed by atoms with Crippen molar-refractivity contribution in [3.8, 4) is 11.1 Å². The summed E-state index contributed by atoms with van der Waals surface area (Å²) in [4.78, 5) is 10.9. The molecule has 0 aliphatic rings. The molecule has 0 radical (unpaired) electrons. The van der Waals surface area contributed by atoms with Crippen LogP contribution in [0.3, 0.4) is 0 Å². The van der Waals surface area contributed by atoms with Crippen molar-refractivity contribution in [2.45, 2.75) is 12.6 Å². The van der Waals surface area contributed by atoms with Crippen molar-refractivity contribution in [3.63, 3.8) is 0 Å². The Hall–Kier alpha value is -3.07. The molecule has 0 unspecified atom stereocenters. The van der Waals surface area contributed by atoms with Crippen molar-refractivity contribution in [1.29, 1.82) is 0 Å². The minimum atomic E-state index is -5.04. The van der Waals surface area contributed by atoms with E-state index in [-0.39, 0.29) is 6.42 Å². The zero-order chi connectivity index (χ0) is 21.9. The van der Waals surface area contributed by atoms with Gasteiger partial charge in [-0.1, -0.05) is 48.5 Å². The molecule has 5 nitrogen and oxygen atoms in total. The molecule has 0 heterocycles. The first kappa shape index (κ1) is 21.6. The molecule has 0 fully saturated rings. The lowest BCUT2D eigenvalue weighted by molar-refractivity contribution is -0.199. The number of sulfonamides is 1. The van der Waals surface area contributed by atoms with Gasteiger partial charge < -0.3 is 4.74 Å². The molecule has 3 aromatic rings. The summed E-state index contributed by atoms with van der Waals surface area (Å²) < 4.78 is 67.2. The average molecular weight is 437 g/mol. The largest absolute Gasteiger partial charge is 0.490 e. The first-order chi connectivity index (χ1) is 14.0. The number of carbonyl (C=O) groups is 1. The maximum Gasteiger partial charge on any atom is 0.490 e. The van der Waals surface area contributed by atoms with Crippen molar-refractivity contribution in [1.82, 2.24) is 0 Å². The molecule has 0 bridgehead atoms. The van der Waals surface area contributed by atoms with Crippen LogP contribution in [0.2, 0.25) is 0 Å². The number of hydrogen-bond acceptors (Lipinski definition) is 4. The lowest BCUT2D eigenvalue weighted by Gasteiger charge is -2.15. The van der Waals surface area contributed by atoms with Crippen molar-refractivity contribution in [3.05, 3.63) is 66.2 Å². The number of ether oxygens (including phenoxy) is 1. The zero-order valence-electron chi connectivity index (χ0n) is 15.9. The van der Waals surface area contributed by atoms with Crippen LogP contribution >= 0.6 is 0 Å². The Morgan fingerprint density at radius 3 is 2.40 bits per heavy atom. The lowest BCUT2D eigenvalue weighted by atomic mass is 9.95. The van der Waals surface area contributed by atoms with E-state index in [1.807, 2.05) is 42.5 Å². The molecule has 30 heavy (non-hydrogen) atoms. The standard InChI is InChI=1S/C21H18F3NO4S/c1-30(27,28)25-19-10-9-14(11-12-29-20(26)21(22,23)24)13-18(19)17-8-4-6-15-5-2-3-7-16(15)17/h2-10,13,25H,11-12H2,1H3. The van der Waals surface area contributed by atoms with Crippen molar-refractivity contribution >= 4 is 32.5 Å². The van der Waals surface area contributed by atoms with Crippen LogP contribution in [0.15, 0.2) is 60.7 Å². The molecule has 3 aromatic carbocycles. The monoisotopic (exact) mass is 437 g/mol. The molecule has 0 amide bonds. The number of carbonyl (C=O) groups excluding carboxylic acids is 1. The summed E-state index contributed by atoms with van der Waals surface area (Å²) >= 11 is 0. The average Bonchev–Trinajstić information content (AvgIpc) is 2.66. The van der Waals surface area contributed by atoms with Gasteiger partial charge in [0.2, 0.25) is 10.0 Å². The van der Waals surface area contributed by atoms with E-state index in [0.717, 1.165) is 22.6 Å². The number of rotatable bonds is 6. The van der Waals surface area contributed by atoms with Gasteiger partial charge in [0.25, 0.3) is 0 Å². The normalized spacial score (nSPS) is 12.0. The topological polar surface area (TPSA) is 72.5 Å². The second-order valence-electron chi connectivity index (χ2n) is 6.66. The molecule has 0 aromatic heterocycles. The molecular weight excluding hydrogens is 419 g/mol. The molecule has 0 saturated heterocycles. The Labute approximate surface area is 171 Å². The second-order valence-corrected chi connectivity index (χ2v) is 8.41. The van der Waals surface area contributed by atoms with Crippen LogP contribution in [0.1, 0.15) is 5.56 Å². The molecule has 0 aliphatic carbocycles. The van der Waals surface area contributed by atoms with Gasteiger partial charge in [-0.25, -0.2) is 13.2 Å². The molecule has 0 aliphatic heterocycles. The molecule has 0 saturated carbocycles. The first-order valence-corrected chi connectivity index (χ1v) is 10.8. The van der Waals surface area contributed by atoms with Gasteiger partial charge in [-0.15, -0.1) is 0 Å². The number of alkyl halides is 3. The second kappa shape index (κ2) is 8.35. The van der Waals surface area contributed by atoms with Crippen LogP contribution < -0.4 is 4.72 Å². The summed E-state index contributed by atoms with van der Waals surface area (Å²) in [6.45, 7) is -0.452. The smallest absolute Gasteiger partial charge is 0.459 e. The van der Waals surface area contributed by atoms with Gasteiger partial charge in [0, 0.05) is 12.0 Å². The van der Waals surface area contributed by atoms with E-state index in [2.05, 4.69) is 9.46 Å². The Morgan fingerprint density at radius 2 is 1.70 bits per heavy atom. The molecule has 158 valence electrons. The highest BCUT2D eigenvalue weighted by Crippen LogP contribution is 2.35. The number of benzene rings is 3. The van der Waals surface area contributed by atoms with Crippen LogP contribution in [0, 0.1) is 0 Å². The van der Waals surface area contributed by atoms with Gasteiger partial charge >= 0.3 is 12.1 Å². The predicted octanol–water partition coefficient (Wildman–Crippen LogP) is 4.53. The Morgan fingerprint density at radius 1 is 1.00 bits per heavy atom. The Balaban J connectivity index is 1.98. The van der Waals surface area contributed by atoms with Crippen molar-refractivity contribution in [2.75, 3.05) is 17.6 Å². The van der Waals surface area contributed by atoms with Crippen molar-refractivity contribution < 1.29 is 31.1 Å². The van der Waals surface area contributed by atoms with Crippen LogP contribution in [0.4, 0.5) is 18.9 Å². The minimum absolute atomic E-state index is 0.0404. The fourth-order valence-corrected chi connectivity index (χ4v) is 3.64. The molecule has 1 N–H and O–H groups in total. The molecule has 0 spiro atoms. The van der Waals surface area contributed by atoms with Gasteiger partial charge in [-0.2, -0.15) is 13.2 Å². The third-order valence-electron chi connectivity index (χ3n) is 4.31. The SMILES string of the molecule is CS(=O)(=O)Nc1ccc(CCOC(=O)C(F)(F)F)cc1-c1cccc2ccccc12. The quantitative estimate of drug-likeness (QED) is 0.576. The number of nitrogens with one attached hydrogen (secondary N) is 1. The predicted molar refractivity (Wildman–Crippen MR) is 109 cm³/mol. The molecule has 0 atom stereocenters. The number of hydrogen-bond donors (Lipinski definition) is 1. The summed E-state index contributed by atoms with van der Waals surface area (Å²) in [5.41, 5.74) is 2.25. The molecule has 3 rings (SSSR count). The Kier molecular flexibility index (Phi) is 6.02. The van der Waals surface area contributed by atoms with Crippen LogP contribution in [-0.2, 0) is 26.0 Å². The van der Waals surface area contributed by atoms with E-state index in [1.54, 1.807) is 18.2 Å². The van der Waals surface area contributed by atoms with Crippen LogP contribution in [0.5, 0.6) is 0 Å². The van der Waals surface area contributed by atoms with Gasteiger partial charge in [0.1, 0.15) is 0 Å². The van der Waals surface area contributed by atoms with Crippen LogP contribution in [0.25, 0.3) is 21.9 Å². The van der Waals surface area contributed by atoms with Gasteiger partial charge in [0.05, 0.1) is 18.6 Å². The fourth-order valence-electron chi connectivity index (χ4n) is 3.06. The number of fused-ring (bicyclic) bond motifs is 1. The highest BCUT2D eigenvalue weighted by molar-refractivity contribution is 7.92. The maximum absolute atomic E-state index is 12.3. The van der Waals surface area contributed by atoms with Gasteiger partial charge in [-0.05, 0) is 34.0 Å². The van der Waals surface area contributed by atoms with E-state index < -0.39 is 28.8 Å². The number of anilines is 1.